The molecule has 1 nitrogen and oxygen atoms in total. The molecule has 0 N–H and O–H groups in total. The topological polar surface area (TPSA) is 3.24 Å². The number of para-hydroxylation sites is 1. The van der Waals surface area contributed by atoms with Crippen molar-refractivity contribution in [2.75, 3.05) is 18.0 Å². The maximum Gasteiger partial charge on any atom is 0.0366 e. The average Bonchev–Trinajstić information content (AvgIpc) is 2.48. The van der Waals surface area contributed by atoms with Gasteiger partial charge in [-0.1, -0.05) is 57.7 Å². The van der Waals surface area contributed by atoms with Crippen molar-refractivity contribution in [3.8, 4) is 0 Å². The fraction of sp³-hybridized carbons (Fsp3) is 0.647. The molecular weight excluding hydrogens is 218 g/mol. The van der Waals surface area contributed by atoms with Gasteiger partial charge in [0.2, 0.25) is 0 Å². The Morgan fingerprint density at radius 3 is 1.89 bits per heavy atom. The van der Waals surface area contributed by atoms with E-state index in [1.54, 1.807) is 0 Å². The smallest absolute Gasteiger partial charge is 0.0366 e. The number of unbranched alkanes of at least 4 members (excludes halogenated alkanes) is 3. The Morgan fingerprint density at radius 2 is 1.39 bits per heavy atom. The van der Waals surface area contributed by atoms with Gasteiger partial charge in [-0.25, -0.2) is 0 Å². The first-order valence-electron chi connectivity index (χ1n) is 7.68. The van der Waals surface area contributed by atoms with Gasteiger partial charge in [0, 0.05) is 18.8 Å². The van der Waals surface area contributed by atoms with Crippen molar-refractivity contribution < 1.29 is 0 Å². The minimum atomic E-state index is 1.24. The Balaban J connectivity index is 0.000000232. The van der Waals surface area contributed by atoms with Crippen molar-refractivity contribution in [3.05, 3.63) is 30.3 Å². The van der Waals surface area contributed by atoms with Crippen molar-refractivity contribution in [1.82, 2.24) is 0 Å². The summed E-state index contributed by atoms with van der Waals surface area (Å²) in [6.45, 7) is 6.94. The lowest BCUT2D eigenvalue weighted by atomic mass is 10.1. The van der Waals surface area contributed by atoms with Crippen LogP contribution >= 0.6 is 0 Å². The average molecular weight is 247 g/mol. The highest BCUT2D eigenvalue weighted by molar-refractivity contribution is 5.46. The molecule has 0 amide bonds. The van der Waals surface area contributed by atoms with Crippen molar-refractivity contribution >= 4 is 5.69 Å². The SMILES string of the molecule is CCCCCC.c1ccc(N2CCCCC2)cc1. The van der Waals surface area contributed by atoms with E-state index in [0.717, 1.165) is 0 Å². The van der Waals surface area contributed by atoms with Crippen LogP contribution < -0.4 is 4.90 Å². The summed E-state index contributed by atoms with van der Waals surface area (Å²) >= 11 is 0. The second-order valence-electron chi connectivity index (χ2n) is 5.09. The lowest BCUT2D eigenvalue weighted by Crippen LogP contribution is -2.29. The minimum Gasteiger partial charge on any atom is -0.372 e. The molecule has 1 aromatic rings. The van der Waals surface area contributed by atoms with E-state index in [4.69, 9.17) is 0 Å². The molecule has 0 bridgehead atoms. The van der Waals surface area contributed by atoms with Crippen molar-refractivity contribution in [2.24, 2.45) is 0 Å². The fourth-order valence-electron chi connectivity index (χ4n) is 2.29. The minimum absolute atomic E-state index is 1.24. The summed E-state index contributed by atoms with van der Waals surface area (Å²) in [7, 11) is 0. The first-order valence-corrected chi connectivity index (χ1v) is 7.68. The molecule has 0 saturated carbocycles. The summed E-state index contributed by atoms with van der Waals surface area (Å²) in [4.78, 5) is 2.48. The van der Waals surface area contributed by atoms with Crippen LogP contribution in [-0.2, 0) is 0 Å². The quantitative estimate of drug-likeness (QED) is 0.656. The maximum atomic E-state index is 2.48. The van der Waals surface area contributed by atoms with Crippen LogP contribution in [0.3, 0.4) is 0 Å². The van der Waals surface area contributed by atoms with Crippen LogP contribution in [0.4, 0.5) is 5.69 Å². The monoisotopic (exact) mass is 247 g/mol. The van der Waals surface area contributed by atoms with Crippen molar-refractivity contribution in [2.45, 2.75) is 58.8 Å². The highest BCUT2D eigenvalue weighted by atomic mass is 15.1. The zero-order chi connectivity index (χ0) is 13.1. The Morgan fingerprint density at radius 1 is 0.833 bits per heavy atom. The largest absolute Gasteiger partial charge is 0.372 e. The van der Waals surface area contributed by atoms with Crippen LogP contribution in [0.2, 0.25) is 0 Å². The van der Waals surface area contributed by atoms with Crippen molar-refractivity contribution in [1.29, 1.82) is 0 Å². The third kappa shape index (κ3) is 6.09. The predicted octanol–water partition coefficient (Wildman–Crippen LogP) is 5.26. The van der Waals surface area contributed by atoms with E-state index in [2.05, 4.69) is 49.1 Å². The van der Waals surface area contributed by atoms with E-state index in [9.17, 15) is 0 Å². The van der Waals surface area contributed by atoms with E-state index in [-0.39, 0.29) is 0 Å². The number of hydrogen-bond acceptors (Lipinski definition) is 1. The molecule has 18 heavy (non-hydrogen) atoms. The van der Waals surface area contributed by atoms with E-state index in [1.807, 2.05) is 0 Å². The van der Waals surface area contributed by atoms with Gasteiger partial charge in [-0.05, 0) is 31.4 Å². The van der Waals surface area contributed by atoms with Gasteiger partial charge in [0.15, 0.2) is 0 Å². The number of piperidine rings is 1. The Kier molecular flexibility index (Phi) is 8.37. The molecule has 0 radical (unpaired) electrons. The Bertz CT molecular complexity index is 271. The second kappa shape index (κ2) is 9.99. The molecular formula is C17H29N. The van der Waals surface area contributed by atoms with Gasteiger partial charge in [-0.15, -0.1) is 0 Å². The van der Waals surface area contributed by atoms with E-state index in [0.29, 0.717) is 0 Å². The van der Waals surface area contributed by atoms with Gasteiger partial charge in [0.25, 0.3) is 0 Å². The number of hydrogen-bond donors (Lipinski definition) is 0. The second-order valence-corrected chi connectivity index (χ2v) is 5.09. The first-order chi connectivity index (χ1) is 8.88. The third-order valence-electron chi connectivity index (χ3n) is 3.43. The van der Waals surface area contributed by atoms with Crippen LogP contribution in [0.25, 0.3) is 0 Å². The molecule has 1 aromatic carbocycles. The molecule has 0 unspecified atom stereocenters. The van der Waals surface area contributed by atoms with Gasteiger partial charge in [-0.3, -0.25) is 0 Å². The zero-order valence-electron chi connectivity index (χ0n) is 12.2. The number of nitrogens with zero attached hydrogens (tertiary/aromatic N) is 1. The Hall–Kier alpha value is -0.980. The number of anilines is 1. The van der Waals surface area contributed by atoms with Crippen LogP contribution in [0.15, 0.2) is 30.3 Å². The zero-order valence-corrected chi connectivity index (χ0v) is 12.2. The summed E-state index contributed by atoms with van der Waals surface area (Å²) in [5, 5.41) is 0. The normalized spacial score (nSPS) is 14.9. The lowest BCUT2D eigenvalue weighted by molar-refractivity contribution is 0.578. The summed E-state index contributed by atoms with van der Waals surface area (Å²) in [6.07, 6.45) is 9.65. The molecule has 0 aliphatic carbocycles. The molecule has 1 heteroatoms. The summed E-state index contributed by atoms with van der Waals surface area (Å²) < 4.78 is 0. The van der Waals surface area contributed by atoms with E-state index < -0.39 is 0 Å². The van der Waals surface area contributed by atoms with Crippen LogP contribution in [0.1, 0.15) is 58.8 Å². The molecule has 102 valence electrons. The lowest BCUT2D eigenvalue weighted by Gasteiger charge is -2.28. The molecule has 2 rings (SSSR count). The maximum absolute atomic E-state index is 2.48. The van der Waals surface area contributed by atoms with Crippen LogP contribution in [0.5, 0.6) is 0 Å². The van der Waals surface area contributed by atoms with Gasteiger partial charge in [0.1, 0.15) is 0 Å². The highest BCUT2D eigenvalue weighted by Gasteiger charge is 2.09. The fourth-order valence-corrected chi connectivity index (χ4v) is 2.29. The first kappa shape index (κ1) is 15.1. The molecule has 1 saturated heterocycles. The molecule has 1 aliphatic heterocycles. The molecule has 1 fully saturated rings. The summed E-state index contributed by atoms with van der Waals surface area (Å²) in [6, 6.07) is 10.7. The highest BCUT2D eigenvalue weighted by Crippen LogP contribution is 2.18. The Labute approximate surface area is 113 Å². The van der Waals surface area contributed by atoms with E-state index >= 15 is 0 Å². The predicted molar refractivity (Wildman–Crippen MR) is 82.3 cm³/mol. The van der Waals surface area contributed by atoms with Gasteiger partial charge >= 0.3 is 0 Å². The standard InChI is InChI=1S/C11H15N.C6H14/c1-3-7-11(8-4-1)12-9-5-2-6-10-12;1-3-5-6-4-2/h1,3-4,7-8H,2,5-6,9-10H2;3-6H2,1-2H3. The molecule has 0 spiro atoms. The van der Waals surface area contributed by atoms with Gasteiger partial charge < -0.3 is 4.90 Å². The van der Waals surface area contributed by atoms with Gasteiger partial charge in [0.05, 0.1) is 0 Å². The number of benzene rings is 1. The molecule has 1 heterocycles. The van der Waals surface area contributed by atoms with Gasteiger partial charge in [-0.2, -0.15) is 0 Å². The number of rotatable bonds is 4. The van der Waals surface area contributed by atoms with Crippen LogP contribution in [-0.4, -0.2) is 13.1 Å². The third-order valence-corrected chi connectivity index (χ3v) is 3.43. The summed E-state index contributed by atoms with van der Waals surface area (Å²) in [5.74, 6) is 0. The molecule has 0 aromatic heterocycles. The van der Waals surface area contributed by atoms with E-state index in [1.165, 1.54) is 63.7 Å². The molecule has 1 aliphatic rings. The summed E-state index contributed by atoms with van der Waals surface area (Å²) in [5.41, 5.74) is 1.39. The van der Waals surface area contributed by atoms with Crippen LogP contribution in [0, 0.1) is 0 Å². The molecule has 0 atom stereocenters. The van der Waals surface area contributed by atoms with Crippen molar-refractivity contribution in [3.63, 3.8) is 0 Å².